The van der Waals surface area contributed by atoms with Gasteiger partial charge in [-0.2, -0.15) is 0 Å². The van der Waals surface area contributed by atoms with Crippen LogP contribution in [-0.4, -0.2) is 35.6 Å². The number of nitrogen functional groups attached to an aromatic ring is 1. The average molecular weight is 417 g/mol. The Bertz CT molecular complexity index is 1150. The second-order valence-corrected chi connectivity index (χ2v) is 9.28. The predicted octanol–water partition coefficient (Wildman–Crippen LogP) is 2.65. The number of sulfonamides is 1. The largest absolute Gasteiger partial charge is 0.441 e. The molecule has 0 saturated heterocycles. The number of aryl methyl sites for hydroxylation is 2. The van der Waals surface area contributed by atoms with Crippen molar-refractivity contribution < 1.29 is 17.9 Å². The van der Waals surface area contributed by atoms with Crippen molar-refractivity contribution in [3.8, 4) is 22.5 Å². The highest BCUT2D eigenvalue weighted by Crippen LogP contribution is 2.32. The molecular weight excluding hydrogens is 392 g/mol. The molecule has 0 unspecified atom stereocenters. The molecule has 0 atom stereocenters. The fraction of sp³-hybridized carbons (Fsp3) is 0.300. The Morgan fingerprint density at radius 2 is 1.86 bits per heavy atom. The molecule has 1 aromatic carbocycles. The summed E-state index contributed by atoms with van der Waals surface area (Å²) in [6, 6.07) is 6.66. The van der Waals surface area contributed by atoms with Crippen LogP contribution in [0.2, 0.25) is 0 Å². The molecule has 0 aliphatic heterocycles. The standard InChI is InChI=1S/C20H24N4O4S/c1-12-7-15(29(26,27)24-11-20(3,4)25)5-6-16(12)14-8-17(19(21)23-9-14)18-10-22-13(2)28-18/h5-10,24-25H,11H2,1-4H3,(H2,21,23). The molecule has 0 aliphatic carbocycles. The zero-order chi connectivity index (χ0) is 21.4. The summed E-state index contributed by atoms with van der Waals surface area (Å²) in [6.45, 7) is 6.54. The van der Waals surface area contributed by atoms with Crippen molar-refractivity contribution in [2.75, 3.05) is 12.3 Å². The second kappa shape index (κ2) is 7.58. The van der Waals surface area contributed by atoms with Gasteiger partial charge < -0.3 is 15.3 Å². The monoisotopic (exact) mass is 416 g/mol. The Morgan fingerprint density at radius 1 is 1.14 bits per heavy atom. The molecule has 3 aromatic rings. The Balaban J connectivity index is 1.95. The van der Waals surface area contributed by atoms with Crippen LogP contribution in [0.3, 0.4) is 0 Å². The van der Waals surface area contributed by atoms with E-state index in [0.717, 1.165) is 16.7 Å². The summed E-state index contributed by atoms with van der Waals surface area (Å²) in [5, 5.41) is 9.76. The molecule has 3 rings (SSSR count). The lowest BCUT2D eigenvalue weighted by Crippen LogP contribution is -2.38. The molecule has 2 aromatic heterocycles. The first-order valence-corrected chi connectivity index (χ1v) is 10.5. The third kappa shape index (κ3) is 4.81. The van der Waals surface area contributed by atoms with Crippen molar-refractivity contribution >= 4 is 15.8 Å². The van der Waals surface area contributed by atoms with E-state index >= 15 is 0 Å². The Kier molecular flexibility index (Phi) is 5.48. The zero-order valence-electron chi connectivity index (χ0n) is 16.7. The van der Waals surface area contributed by atoms with Gasteiger partial charge in [-0.3, -0.25) is 0 Å². The number of nitrogens with one attached hydrogen (secondary N) is 1. The van der Waals surface area contributed by atoms with E-state index in [1.807, 2.05) is 13.0 Å². The van der Waals surface area contributed by atoms with Crippen molar-refractivity contribution in [1.29, 1.82) is 0 Å². The van der Waals surface area contributed by atoms with Gasteiger partial charge in [-0.05, 0) is 50.1 Å². The molecule has 0 saturated carbocycles. The molecule has 9 heteroatoms. The van der Waals surface area contributed by atoms with Gasteiger partial charge >= 0.3 is 0 Å². The van der Waals surface area contributed by atoms with Crippen molar-refractivity contribution in [3.63, 3.8) is 0 Å². The van der Waals surface area contributed by atoms with Gasteiger partial charge in [0.05, 0.1) is 22.3 Å². The predicted molar refractivity (Wildman–Crippen MR) is 111 cm³/mol. The maximum absolute atomic E-state index is 12.5. The molecule has 2 heterocycles. The number of nitrogens with zero attached hydrogens (tertiary/aromatic N) is 2. The molecular formula is C20H24N4O4S. The number of rotatable bonds is 6. The van der Waals surface area contributed by atoms with Crippen LogP contribution >= 0.6 is 0 Å². The summed E-state index contributed by atoms with van der Waals surface area (Å²) in [5.74, 6) is 1.36. The first-order chi connectivity index (χ1) is 13.5. The minimum Gasteiger partial charge on any atom is -0.441 e. The molecule has 0 radical (unpaired) electrons. The molecule has 29 heavy (non-hydrogen) atoms. The number of hydrogen-bond donors (Lipinski definition) is 3. The number of anilines is 1. The van der Waals surface area contributed by atoms with Gasteiger partial charge in [0.2, 0.25) is 10.0 Å². The third-order valence-corrected chi connectivity index (χ3v) is 5.72. The number of aromatic nitrogens is 2. The van der Waals surface area contributed by atoms with Crippen molar-refractivity contribution in [1.82, 2.24) is 14.7 Å². The smallest absolute Gasteiger partial charge is 0.240 e. The highest BCUT2D eigenvalue weighted by Gasteiger charge is 2.21. The Labute approximate surface area is 169 Å². The highest BCUT2D eigenvalue weighted by atomic mass is 32.2. The first kappa shape index (κ1) is 21.0. The maximum atomic E-state index is 12.5. The van der Waals surface area contributed by atoms with E-state index in [1.165, 1.54) is 19.9 Å². The Hall–Kier alpha value is -2.75. The van der Waals surface area contributed by atoms with Gasteiger partial charge in [0.15, 0.2) is 11.7 Å². The molecule has 8 nitrogen and oxygen atoms in total. The summed E-state index contributed by atoms with van der Waals surface area (Å²) in [7, 11) is -3.74. The summed E-state index contributed by atoms with van der Waals surface area (Å²) in [5.41, 5.74) is 7.80. The molecule has 0 amide bonds. The third-order valence-electron chi connectivity index (χ3n) is 4.32. The summed E-state index contributed by atoms with van der Waals surface area (Å²) >= 11 is 0. The van der Waals surface area contributed by atoms with Gasteiger partial charge in [0.1, 0.15) is 5.82 Å². The number of aliphatic hydroxyl groups is 1. The average Bonchev–Trinajstić information content (AvgIpc) is 3.06. The number of benzene rings is 1. The van der Waals surface area contributed by atoms with Crippen LogP contribution in [-0.2, 0) is 10.0 Å². The van der Waals surface area contributed by atoms with Gasteiger partial charge in [0, 0.05) is 25.2 Å². The zero-order valence-corrected chi connectivity index (χ0v) is 17.5. The van der Waals surface area contributed by atoms with E-state index in [2.05, 4.69) is 14.7 Å². The maximum Gasteiger partial charge on any atom is 0.240 e. The minimum atomic E-state index is -3.74. The van der Waals surface area contributed by atoms with Crippen LogP contribution in [0.4, 0.5) is 5.82 Å². The van der Waals surface area contributed by atoms with E-state index in [1.54, 1.807) is 31.5 Å². The molecule has 0 spiro atoms. The van der Waals surface area contributed by atoms with E-state index in [0.29, 0.717) is 23.0 Å². The normalized spacial score (nSPS) is 12.3. The molecule has 0 fully saturated rings. The van der Waals surface area contributed by atoms with Crippen LogP contribution in [0, 0.1) is 13.8 Å². The minimum absolute atomic E-state index is 0.0853. The van der Waals surface area contributed by atoms with E-state index in [9.17, 15) is 13.5 Å². The molecule has 154 valence electrons. The topological polar surface area (TPSA) is 131 Å². The van der Waals surface area contributed by atoms with Gasteiger partial charge in [0.25, 0.3) is 0 Å². The molecule has 0 aliphatic rings. The lowest BCUT2D eigenvalue weighted by molar-refractivity contribution is 0.0857. The number of pyridine rings is 1. The first-order valence-electron chi connectivity index (χ1n) is 8.98. The highest BCUT2D eigenvalue weighted by molar-refractivity contribution is 7.89. The van der Waals surface area contributed by atoms with Crippen molar-refractivity contribution in [3.05, 3.63) is 48.1 Å². The van der Waals surface area contributed by atoms with Crippen LogP contribution in [0.5, 0.6) is 0 Å². The van der Waals surface area contributed by atoms with Crippen LogP contribution < -0.4 is 10.5 Å². The Morgan fingerprint density at radius 3 is 2.45 bits per heavy atom. The lowest BCUT2D eigenvalue weighted by Gasteiger charge is -2.18. The van der Waals surface area contributed by atoms with Gasteiger partial charge in [-0.15, -0.1) is 0 Å². The SMILES string of the molecule is Cc1ncc(-c2cc(-c3ccc(S(=O)(=O)NCC(C)(C)O)cc3C)cnc2N)o1. The van der Waals surface area contributed by atoms with Crippen LogP contribution in [0.25, 0.3) is 22.5 Å². The summed E-state index contributed by atoms with van der Waals surface area (Å²) in [6.07, 6.45) is 3.22. The number of hydrogen-bond acceptors (Lipinski definition) is 7. The molecule has 4 N–H and O–H groups in total. The van der Waals surface area contributed by atoms with Crippen molar-refractivity contribution in [2.45, 2.75) is 38.2 Å². The van der Waals surface area contributed by atoms with Crippen LogP contribution in [0.15, 0.2) is 46.0 Å². The second-order valence-electron chi connectivity index (χ2n) is 7.51. The quantitative estimate of drug-likeness (QED) is 0.563. The lowest BCUT2D eigenvalue weighted by atomic mass is 10.0. The number of nitrogens with two attached hydrogens (primary N) is 1. The van der Waals surface area contributed by atoms with Gasteiger partial charge in [-0.1, -0.05) is 6.07 Å². The summed E-state index contributed by atoms with van der Waals surface area (Å²) in [4.78, 5) is 8.45. The van der Waals surface area contributed by atoms with Gasteiger partial charge in [-0.25, -0.2) is 23.1 Å². The van der Waals surface area contributed by atoms with E-state index in [4.69, 9.17) is 10.2 Å². The fourth-order valence-corrected chi connectivity index (χ4v) is 4.08. The molecule has 0 bridgehead atoms. The van der Waals surface area contributed by atoms with E-state index < -0.39 is 15.6 Å². The number of oxazole rings is 1. The van der Waals surface area contributed by atoms with Crippen LogP contribution in [0.1, 0.15) is 25.3 Å². The van der Waals surface area contributed by atoms with E-state index in [-0.39, 0.29) is 11.4 Å². The fourth-order valence-electron chi connectivity index (χ4n) is 2.79. The summed E-state index contributed by atoms with van der Waals surface area (Å²) < 4.78 is 33.0. The van der Waals surface area contributed by atoms with Crippen molar-refractivity contribution in [2.24, 2.45) is 0 Å².